The van der Waals surface area contributed by atoms with Crippen LogP contribution in [-0.2, 0) is 0 Å². The van der Waals surface area contributed by atoms with E-state index in [4.69, 9.17) is 11.6 Å². The van der Waals surface area contributed by atoms with Gasteiger partial charge in [0.1, 0.15) is 5.82 Å². The fourth-order valence-corrected chi connectivity index (χ4v) is 2.69. The number of rotatable bonds is 3. The molecule has 0 saturated carbocycles. The lowest BCUT2D eigenvalue weighted by molar-refractivity contribution is 0.365. The van der Waals surface area contributed by atoms with E-state index < -0.39 is 6.17 Å². The Balaban J connectivity index is 2.14. The first-order valence-corrected chi connectivity index (χ1v) is 7.32. The molecule has 0 aliphatic rings. The molecule has 108 valence electrons. The van der Waals surface area contributed by atoms with Gasteiger partial charge in [-0.25, -0.2) is 9.37 Å². The van der Waals surface area contributed by atoms with E-state index in [9.17, 15) is 4.39 Å². The van der Waals surface area contributed by atoms with Crippen LogP contribution in [0.1, 0.15) is 37.4 Å². The van der Waals surface area contributed by atoms with Crippen molar-refractivity contribution in [3.8, 4) is 0 Å². The van der Waals surface area contributed by atoms with E-state index in [2.05, 4.69) is 4.98 Å². The van der Waals surface area contributed by atoms with Gasteiger partial charge in [0.25, 0.3) is 0 Å². The van der Waals surface area contributed by atoms with Crippen LogP contribution >= 0.6 is 11.6 Å². The Labute approximate surface area is 128 Å². The highest BCUT2D eigenvalue weighted by Crippen LogP contribution is 2.31. The number of aromatic nitrogens is 2. The molecule has 0 N–H and O–H groups in total. The number of imidazole rings is 1. The lowest BCUT2D eigenvalue weighted by atomic mass is 10.1. The Hall–Kier alpha value is -1.87. The van der Waals surface area contributed by atoms with Gasteiger partial charge in [0.15, 0.2) is 6.17 Å². The summed E-state index contributed by atoms with van der Waals surface area (Å²) in [6, 6.07) is 14.7. The molecule has 0 spiro atoms. The predicted molar refractivity (Wildman–Crippen MR) is 84.5 cm³/mol. The molecule has 0 radical (unpaired) electrons. The van der Waals surface area contributed by atoms with Gasteiger partial charge in [0.05, 0.1) is 11.0 Å². The van der Waals surface area contributed by atoms with Crippen molar-refractivity contribution in [3.63, 3.8) is 0 Å². The van der Waals surface area contributed by atoms with Crippen LogP contribution in [0.15, 0.2) is 48.5 Å². The fourth-order valence-electron chi connectivity index (χ4n) is 2.57. The molecule has 1 unspecified atom stereocenters. The molecule has 0 fully saturated rings. The molecular formula is C17H16ClFN2. The maximum atomic E-state index is 14.9. The minimum Gasteiger partial charge on any atom is -0.323 e. The molecule has 0 bridgehead atoms. The molecule has 1 atom stereocenters. The summed E-state index contributed by atoms with van der Waals surface area (Å²) < 4.78 is 16.9. The second-order valence-corrected chi connectivity index (χ2v) is 5.77. The molecule has 21 heavy (non-hydrogen) atoms. The molecule has 3 aromatic rings. The average Bonchev–Trinajstić information content (AvgIpc) is 2.86. The number of alkyl halides is 1. The Morgan fingerprint density at radius 3 is 2.38 bits per heavy atom. The first-order chi connectivity index (χ1) is 10.1. The van der Waals surface area contributed by atoms with Crippen molar-refractivity contribution in [2.75, 3.05) is 0 Å². The quantitative estimate of drug-likeness (QED) is 0.639. The van der Waals surface area contributed by atoms with Crippen molar-refractivity contribution < 1.29 is 4.39 Å². The minimum atomic E-state index is -1.27. The van der Waals surface area contributed by atoms with Gasteiger partial charge >= 0.3 is 0 Å². The molecule has 0 saturated heterocycles. The number of nitrogens with zero attached hydrogens (tertiary/aromatic N) is 2. The van der Waals surface area contributed by atoms with Gasteiger partial charge in [-0.2, -0.15) is 0 Å². The highest BCUT2D eigenvalue weighted by Gasteiger charge is 2.22. The van der Waals surface area contributed by atoms with Gasteiger partial charge in [0, 0.05) is 11.1 Å². The van der Waals surface area contributed by atoms with Crippen LogP contribution in [0, 0.1) is 0 Å². The van der Waals surface area contributed by atoms with E-state index >= 15 is 0 Å². The molecule has 0 aliphatic carbocycles. The maximum absolute atomic E-state index is 14.9. The van der Waals surface area contributed by atoms with Gasteiger partial charge < -0.3 is 4.57 Å². The number of hydrogen-bond donors (Lipinski definition) is 0. The SMILES string of the molecule is CC(C)n1c(C(F)c2ccc(Cl)cc2)nc2ccccc21. The van der Waals surface area contributed by atoms with Crippen molar-refractivity contribution in [2.24, 2.45) is 0 Å². The molecule has 0 amide bonds. The summed E-state index contributed by atoms with van der Waals surface area (Å²) in [4.78, 5) is 4.49. The number of fused-ring (bicyclic) bond motifs is 1. The molecule has 4 heteroatoms. The summed E-state index contributed by atoms with van der Waals surface area (Å²) >= 11 is 5.87. The molecule has 0 aliphatic heterocycles. The van der Waals surface area contributed by atoms with Gasteiger partial charge in [0.2, 0.25) is 0 Å². The average molecular weight is 303 g/mol. The largest absolute Gasteiger partial charge is 0.323 e. The maximum Gasteiger partial charge on any atom is 0.183 e. The zero-order valence-electron chi connectivity index (χ0n) is 11.9. The van der Waals surface area contributed by atoms with Crippen LogP contribution in [0.3, 0.4) is 0 Å². The molecule has 1 aromatic heterocycles. The fraction of sp³-hybridized carbons (Fsp3) is 0.235. The summed E-state index contributed by atoms with van der Waals surface area (Å²) in [5.74, 6) is 0.438. The van der Waals surface area contributed by atoms with Crippen LogP contribution in [-0.4, -0.2) is 9.55 Å². The second kappa shape index (κ2) is 5.49. The first-order valence-electron chi connectivity index (χ1n) is 6.94. The molecule has 2 nitrogen and oxygen atoms in total. The summed E-state index contributed by atoms with van der Waals surface area (Å²) in [7, 11) is 0. The topological polar surface area (TPSA) is 17.8 Å². The Morgan fingerprint density at radius 2 is 1.71 bits per heavy atom. The minimum absolute atomic E-state index is 0.137. The zero-order valence-corrected chi connectivity index (χ0v) is 12.7. The van der Waals surface area contributed by atoms with Crippen molar-refractivity contribution in [3.05, 3.63) is 64.9 Å². The number of halogens is 2. The van der Waals surface area contributed by atoms with Crippen molar-refractivity contribution >= 4 is 22.6 Å². The van der Waals surface area contributed by atoms with E-state index in [0.29, 0.717) is 16.4 Å². The number of para-hydroxylation sites is 2. The van der Waals surface area contributed by atoms with Crippen LogP contribution in [0.4, 0.5) is 4.39 Å². The van der Waals surface area contributed by atoms with E-state index in [1.807, 2.05) is 42.7 Å². The lowest BCUT2D eigenvalue weighted by Crippen LogP contribution is -2.09. The zero-order chi connectivity index (χ0) is 15.0. The summed E-state index contributed by atoms with van der Waals surface area (Å²) in [5, 5.41) is 0.600. The van der Waals surface area contributed by atoms with E-state index in [1.165, 1.54) is 0 Å². The van der Waals surface area contributed by atoms with Crippen LogP contribution in [0.2, 0.25) is 5.02 Å². The van der Waals surface area contributed by atoms with Gasteiger partial charge in [-0.1, -0.05) is 35.9 Å². The van der Waals surface area contributed by atoms with Gasteiger partial charge in [-0.3, -0.25) is 0 Å². The highest BCUT2D eigenvalue weighted by molar-refractivity contribution is 6.30. The third kappa shape index (κ3) is 2.54. The smallest absolute Gasteiger partial charge is 0.183 e. The van der Waals surface area contributed by atoms with Crippen LogP contribution < -0.4 is 0 Å². The van der Waals surface area contributed by atoms with Gasteiger partial charge in [-0.05, 0) is 43.7 Å². The van der Waals surface area contributed by atoms with Gasteiger partial charge in [-0.15, -0.1) is 0 Å². The van der Waals surface area contributed by atoms with Crippen molar-refractivity contribution in [1.82, 2.24) is 9.55 Å². The van der Waals surface area contributed by atoms with E-state index in [-0.39, 0.29) is 6.04 Å². The number of hydrogen-bond acceptors (Lipinski definition) is 1. The molecule has 3 rings (SSSR count). The normalized spacial score (nSPS) is 13.0. The highest BCUT2D eigenvalue weighted by atomic mass is 35.5. The van der Waals surface area contributed by atoms with E-state index in [0.717, 1.165) is 11.0 Å². The third-order valence-corrected chi connectivity index (χ3v) is 3.78. The number of benzene rings is 2. The van der Waals surface area contributed by atoms with Crippen LogP contribution in [0.5, 0.6) is 0 Å². The van der Waals surface area contributed by atoms with Crippen LogP contribution in [0.25, 0.3) is 11.0 Å². The summed E-state index contributed by atoms with van der Waals surface area (Å²) in [5.41, 5.74) is 2.34. The van der Waals surface area contributed by atoms with Crippen molar-refractivity contribution in [1.29, 1.82) is 0 Å². The Morgan fingerprint density at radius 1 is 1.05 bits per heavy atom. The Bertz CT molecular complexity index is 762. The molecular weight excluding hydrogens is 287 g/mol. The summed E-state index contributed by atoms with van der Waals surface area (Å²) in [6.45, 7) is 4.07. The monoisotopic (exact) mass is 302 g/mol. The molecule has 1 heterocycles. The molecule has 2 aromatic carbocycles. The third-order valence-electron chi connectivity index (χ3n) is 3.53. The first kappa shape index (κ1) is 14.1. The predicted octanol–water partition coefficient (Wildman–Crippen LogP) is 5.33. The second-order valence-electron chi connectivity index (χ2n) is 5.34. The Kier molecular flexibility index (Phi) is 3.68. The lowest BCUT2D eigenvalue weighted by Gasteiger charge is -2.16. The van der Waals surface area contributed by atoms with Crippen molar-refractivity contribution in [2.45, 2.75) is 26.1 Å². The van der Waals surface area contributed by atoms with E-state index in [1.54, 1.807) is 24.3 Å². The standard InChI is InChI=1S/C17H16ClFN2/c1-11(2)21-15-6-4-3-5-14(15)20-17(21)16(19)12-7-9-13(18)10-8-12/h3-11,16H,1-2H3. The summed E-state index contributed by atoms with van der Waals surface area (Å²) in [6.07, 6.45) is -1.27.